The standard InChI is InChI=1S/C20H26F2N4O3/c1-19(2)7-15(16(23)27)26(9-19)18(28)13-5-6-14(25-10-20(21,22)11-25)17(24-13)29-8-12-3-4-12/h5-6,12,15H,3-4,7-11H2,1-2H3,(H2,23,27)/t15-/m0/s1. The van der Waals surface area contributed by atoms with Crippen LogP contribution in [-0.4, -0.2) is 59.9 Å². The number of carbonyl (C=O) groups is 2. The zero-order chi connectivity index (χ0) is 21.0. The second-order valence-electron chi connectivity index (χ2n) is 9.21. The third kappa shape index (κ3) is 4.13. The Hall–Kier alpha value is -2.45. The van der Waals surface area contributed by atoms with Gasteiger partial charge in [-0.25, -0.2) is 13.8 Å². The van der Waals surface area contributed by atoms with Crippen LogP contribution in [0.4, 0.5) is 14.5 Å². The molecule has 2 amide bonds. The van der Waals surface area contributed by atoms with Gasteiger partial charge in [0.25, 0.3) is 11.8 Å². The molecule has 0 aromatic carbocycles. The third-order valence-corrected chi connectivity index (χ3v) is 5.71. The summed E-state index contributed by atoms with van der Waals surface area (Å²) in [5, 5.41) is 0. The molecule has 2 N–H and O–H groups in total. The van der Waals surface area contributed by atoms with E-state index in [-0.39, 0.29) is 17.0 Å². The molecule has 9 heteroatoms. The summed E-state index contributed by atoms with van der Waals surface area (Å²) in [6, 6.07) is 2.41. The van der Waals surface area contributed by atoms with Gasteiger partial charge in [0.2, 0.25) is 11.8 Å². The number of aromatic nitrogens is 1. The van der Waals surface area contributed by atoms with E-state index in [0.717, 1.165) is 12.8 Å². The lowest BCUT2D eigenvalue weighted by Crippen LogP contribution is -2.56. The molecule has 0 radical (unpaired) electrons. The minimum absolute atomic E-state index is 0.121. The van der Waals surface area contributed by atoms with Crippen molar-refractivity contribution in [3.05, 3.63) is 17.8 Å². The van der Waals surface area contributed by atoms with E-state index in [4.69, 9.17) is 10.5 Å². The van der Waals surface area contributed by atoms with Crippen molar-refractivity contribution in [3.63, 3.8) is 0 Å². The molecule has 1 saturated carbocycles. The van der Waals surface area contributed by atoms with Crippen LogP contribution in [0.5, 0.6) is 5.88 Å². The lowest BCUT2D eigenvalue weighted by molar-refractivity contribution is -0.121. The van der Waals surface area contributed by atoms with Crippen molar-refractivity contribution in [2.45, 2.75) is 45.1 Å². The highest BCUT2D eigenvalue weighted by atomic mass is 19.3. The highest BCUT2D eigenvalue weighted by Crippen LogP contribution is 2.39. The lowest BCUT2D eigenvalue weighted by atomic mass is 9.90. The molecular formula is C20H26F2N4O3. The molecule has 3 heterocycles. The summed E-state index contributed by atoms with van der Waals surface area (Å²) in [5.41, 5.74) is 5.85. The van der Waals surface area contributed by atoms with Gasteiger partial charge in [0, 0.05) is 6.54 Å². The number of likely N-dealkylation sites (tertiary alicyclic amines) is 1. The molecule has 3 aliphatic rings. The second-order valence-corrected chi connectivity index (χ2v) is 9.21. The van der Waals surface area contributed by atoms with E-state index >= 15 is 0 Å². The molecule has 158 valence electrons. The van der Waals surface area contributed by atoms with Crippen LogP contribution in [0.2, 0.25) is 0 Å². The number of carbonyl (C=O) groups excluding carboxylic acids is 2. The molecule has 1 aromatic heterocycles. The first-order valence-electron chi connectivity index (χ1n) is 9.92. The number of alkyl halides is 2. The predicted octanol–water partition coefficient (Wildman–Crippen LogP) is 2.05. The minimum Gasteiger partial charge on any atom is -0.476 e. The Morgan fingerprint density at radius 2 is 1.93 bits per heavy atom. The Morgan fingerprint density at radius 3 is 2.52 bits per heavy atom. The first-order valence-corrected chi connectivity index (χ1v) is 9.92. The van der Waals surface area contributed by atoms with Crippen molar-refractivity contribution in [2.24, 2.45) is 17.1 Å². The normalized spacial score (nSPS) is 24.9. The van der Waals surface area contributed by atoms with Gasteiger partial charge in [-0.1, -0.05) is 13.8 Å². The summed E-state index contributed by atoms with van der Waals surface area (Å²) in [5.74, 6) is -3.05. The van der Waals surface area contributed by atoms with Crippen molar-refractivity contribution in [1.29, 1.82) is 0 Å². The maximum atomic E-state index is 13.3. The number of anilines is 1. The molecule has 2 saturated heterocycles. The van der Waals surface area contributed by atoms with Crippen LogP contribution < -0.4 is 15.4 Å². The Balaban J connectivity index is 1.58. The van der Waals surface area contributed by atoms with Gasteiger partial charge < -0.3 is 20.3 Å². The zero-order valence-corrected chi connectivity index (χ0v) is 16.7. The molecule has 0 bridgehead atoms. The third-order valence-electron chi connectivity index (χ3n) is 5.71. The number of hydrogen-bond acceptors (Lipinski definition) is 5. The Kier molecular flexibility index (Phi) is 4.66. The van der Waals surface area contributed by atoms with E-state index in [1.54, 1.807) is 6.07 Å². The Morgan fingerprint density at radius 1 is 1.24 bits per heavy atom. The lowest BCUT2D eigenvalue weighted by Gasteiger charge is -2.40. The van der Waals surface area contributed by atoms with Crippen LogP contribution in [0.25, 0.3) is 0 Å². The monoisotopic (exact) mass is 408 g/mol. The maximum Gasteiger partial charge on any atom is 0.282 e. The first-order chi connectivity index (χ1) is 13.5. The van der Waals surface area contributed by atoms with Gasteiger partial charge in [0.1, 0.15) is 17.4 Å². The molecule has 1 atom stereocenters. The van der Waals surface area contributed by atoms with Gasteiger partial charge in [0.05, 0.1) is 19.7 Å². The first kappa shape index (κ1) is 19.8. The summed E-state index contributed by atoms with van der Waals surface area (Å²) in [4.78, 5) is 32.2. The van der Waals surface area contributed by atoms with Crippen molar-refractivity contribution in [3.8, 4) is 5.88 Å². The number of rotatable bonds is 6. The highest BCUT2D eigenvalue weighted by Gasteiger charge is 2.46. The van der Waals surface area contributed by atoms with Gasteiger partial charge >= 0.3 is 0 Å². The van der Waals surface area contributed by atoms with Crippen molar-refractivity contribution in [1.82, 2.24) is 9.88 Å². The summed E-state index contributed by atoms with van der Waals surface area (Å²) in [7, 11) is 0. The molecule has 0 unspecified atom stereocenters. The predicted molar refractivity (Wildman–Crippen MR) is 102 cm³/mol. The average molecular weight is 408 g/mol. The zero-order valence-electron chi connectivity index (χ0n) is 16.7. The Bertz CT molecular complexity index is 833. The highest BCUT2D eigenvalue weighted by molar-refractivity contribution is 5.96. The van der Waals surface area contributed by atoms with E-state index in [1.807, 2.05) is 13.8 Å². The van der Waals surface area contributed by atoms with Crippen molar-refractivity contribution >= 4 is 17.5 Å². The number of hydrogen-bond donors (Lipinski definition) is 1. The molecule has 1 aromatic rings. The number of ether oxygens (including phenoxy) is 1. The fraction of sp³-hybridized carbons (Fsp3) is 0.650. The quantitative estimate of drug-likeness (QED) is 0.778. The number of amides is 2. The number of pyridine rings is 1. The van der Waals surface area contributed by atoms with Gasteiger partial charge in [0.15, 0.2) is 0 Å². The largest absolute Gasteiger partial charge is 0.476 e. The van der Waals surface area contributed by atoms with Crippen LogP contribution in [0.3, 0.4) is 0 Å². The number of nitrogens with zero attached hydrogens (tertiary/aromatic N) is 3. The maximum absolute atomic E-state index is 13.3. The number of primary amides is 1. The van der Waals surface area contributed by atoms with Gasteiger partial charge in [-0.05, 0) is 42.7 Å². The van der Waals surface area contributed by atoms with Gasteiger partial charge in [-0.3, -0.25) is 9.59 Å². The molecule has 3 fully saturated rings. The molecule has 7 nitrogen and oxygen atoms in total. The summed E-state index contributed by atoms with van der Waals surface area (Å²) in [6.45, 7) is 3.99. The fourth-order valence-electron chi connectivity index (χ4n) is 3.95. The molecule has 2 aliphatic heterocycles. The van der Waals surface area contributed by atoms with Crippen molar-refractivity contribution in [2.75, 3.05) is 31.1 Å². The second kappa shape index (κ2) is 6.81. The van der Waals surface area contributed by atoms with Crippen LogP contribution in [-0.2, 0) is 4.79 Å². The Labute approximate surface area is 168 Å². The van der Waals surface area contributed by atoms with Crippen LogP contribution >= 0.6 is 0 Å². The molecule has 0 spiro atoms. The molecular weight excluding hydrogens is 382 g/mol. The van der Waals surface area contributed by atoms with E-state index < -0.39 is 36.9 Å². The van der Waals surface area contributed by atoms with E-state index in [0.29, 0.717) is 31.2 Å². The molecule has 4 rings (SSSR count). The van der Waals surface area contributed by atoms with Crippen molar-refractivity contribution < 1.29 is 23.1 Å². The number of nitrogens with two attached hydrogens (primary N) is 1. The minimum atomic E-state index is -2.72. The van der Waals surface area contributed by atoms with Crippen LogP contribution in [0.15, 0.2) is 12.1 Å². The average Bonchev–Trinajstić information content (AvgIpc) is 3.38. The smallest absolute Gasteiger partial charge is 0.282 e. The van der Waals surface area contributed by atoms with Gasteiger partial charge in [-0.15, -0.1) is 0 Å². The SMILES string of the molecule is CC1(C)C[C@@H](C(N)=O)N(C(=O)c2ccc(N3CC(F)(F)C3)c(OCC3CC3)n2)C1. The summed E-state index contributed by atoms with van der Waals surface area (Å²) < 4.78 is 32.4. The topological polar surface area (TPSA) is 88.8 Å². The number of halogens is 2. The fourth-order valence-corrected chi connectivity index (χ4v) is 3.95. The summed E-state index contributed by atoms with van der Waals surface area (Å²) in [6.07, 6.45) is 2.62. The molecule has 1 aliphatic carbocycles. The van der Waals surface area contributed by atoms with Gasteiger partial charge in [-0.2, -0.15) is 0 Å². The van der Waals surface area contributed by atoms with Crippen LogP contribution in [0.1, 0.15) is 43.6 Å². The van der Waals surface area contributed by atoms with Crippen LogP contribution in [0, 0.1) is 11.3 Å². The van der Waals surface area contributed by atoms with E-state index in [2.05, 4.69) is 4.98 Å². The van der Waals surface area contributed by atoms with E-state index in [1.165, 1.54) is 15.9 Å². The summed E-state index contributed by atoms with van der Waals surface area (Å²) >= 11 is 0. The molecule has 29 heavy (non-hydrogen) atoms. The van der Waals surface area contributed by atoms with E-state index in [9.17, 15) is 18.4 Å².